The molecule has 13 rings (SSSR count). The normalized spacial score (nSPS) is 12.3. The second kappa shape index (κ2) is 11.1. The Balaban J connectivity index is 1.03. The molecule has 0 bridgehead atoms. The van der Waals surface area contributed by atoms with Crippen molar-refractivity contribution >= 4 is 76.2 Å². The number of hydrogen-bond acceptors (Lipinski definition) is 0. The lowest BCUT2D eigenvalue weighted by atomic mass is 9.94. The van der Waals surface area contributed by atoms with Crippen molar-refractivity contribution in [2.75, 3.05) is 0 Å². The fourth-order valence-corrected chi connectivity index (χ4v) is 9.85. The molecule has 56 heavy (non-hydrogen) atoms. The van der Waals surface area contributed by atoms with Crippen molar-refractivity contribution in [2.45, 2.75) is 0 Å². The first kappa shape index (κ1) is 30.0. The monoisotopic (exact) mass is 708 g/mol. The molecular formula is C54H32N2. The van der Waals surface area contributed by atoms with E-state index in [1.807, 2.05) is 0 Å². The SMILES string of the molecule is c1ccc(-c2cccc(-c3cccc(-c4ccc5c(c4)c4cc(-c6cc7c8ccccc8n8c9ccccc9c(c6)c78)cc6c7ccccc7n5c64)c3)c2)cc1. The first-order valence-electron chi connectivity index (χ1n) is 19.4. The minimum atomic E-state index is 1.22. The highest BCUT2D eigenvalue weighted by atomic mass is 14.9. The fraction of sp³-hybridized carbons (Fsp3) is 0. The molecule has 0 amide bonds. The van der Waals surface area contributed by atoms with Crippen LogP contribution >= 0.6 is 0 Å². The van der Waals surface area contributed by atoms with Gasteiger partial charge in [0.15, 0.2) is 0 Å². The molecule has 0 saturated heterocycles. The van der Waals surface area contributed by atoms with E-state index in [1.54, 1.807) is 0 Å². The van der Waals surface area contributed by atoms with Crippen LogP contribution < -0.4 is 0 Å². The molecule has 0 radical (unpaired) electrons. The van der Waals surface area contributed by atoms with E-state index in [0.29, 0.717) is 0 Å². The number of fused-ring (bicyclic) bond motifs is 12. The van der Waals surface area contributed by atoms with Crippen molar-refractivity contribution in [2.24, 2.45) is 0 Å². The molecular weight excluding hydrogens is 677 g/mol. The molecule has 2 nitrogen and oxygen atoms in total. The van der Waals surface area contributed by atoms with E-state index in [4.69, 9.17) is 0 Å². The zero-order chi connectivity index (χ0) is 36.5. The van der Waals surface area contributed by atoms with E-state index in [1.165, 1.54) is 121 Å². The third kappa shape index (κ3) is 4.05. The summed E-state index contributed by atoms with van der Waals surface area (Å²) in [5.74, 6) is 0. The lowest BCUT2D eigenvalue weighted by Crippen LogP contribution is -1.84. The maximum atomic E-state index is 2.49. The predicted octanol–water partition coefficient (Wildman–Crippen LogP) is 14.7. The van der Waals surface area contributed by atoms with E-state index in [9.17, 15) is 0 Å². The number of hydrogen-bond donors (Lipinski definition) is 0. The van der Waals surface area contributed by atoms with Gasteiger partial charge in [-0.25, -0.2) is 0 Å². The average molecular weight is 709 g/mol. The van der Waals surface area contributed by atoms with Crippen LogP contribution in [-0.4, -0.2) is 8.80 Å². The topological polar surface area (TPSA) is 8.82 Å². The van der Waals surface area contributed by atoms with E-state index in [-0.39, 0.29) is 0 Å². The summed E-state index contributed by atoms with van der Waals surface area (Å²) in [6.07, 6.45) is 0. The van der Waals surface area contributed by atoms with Crippen molar-refractivity contribution < 1.29 is 0 Å². The molecule has 9 aromatic carbocycles. The first-order valence-corrected chi connectivity index (χ1v) is 19.4. The van der Waals surface area contributed by atoms with Crippen LogP contribution in [0.5, 0.6) is 0 Å². The van der Waals surface area contributed by atoms with Gasteiger partial charge in [-0.1, -0.05) is 127 Å². The number of benzene rings is 9. The molecule has 2 heteroatoms. The summed E-state index contributed by atoms with van der Waals surface area (Å²) in [6, 6.07) is 71.9. The summed E-state index contributed by atoms with van der Waals surface area (Å²) in [4.78, 5) is 0. The van der Waals surface area contributed by atoms with Crippen LogP contribution in [0, 0.1) is 0 Å². The Morgan fingerprint density at radius 3 is 1.02 bits per heavy atom. The molecule has 0 aliphatic rings. The van der Waals surface area contributed by atoms with Crippen LogP contribution in [0.1, 0.15) is 0 Å². The lowest BCUT2D eigenvalue weighted by Gasteiger charge is -2.09. The maximum Gasteiger partial charge on any atom is 0.0620 e. The number of rotatable bonds is 4. The Kier molecular flexibility index (Phi) is 5.92. The Hall–Kier alpha value is -7.42. The van der Waals surface area contributed by atoms with Gasteiger partial charge in [-0.05, 0) is 111 Å². The van der Waals surface area contributed by atoms with Crippen molar-refractivity contribution in [3.63, 3.8) is 0 Å². The van der Waals surface area contributed by atoms with Gasteiger partial charge in [0.2, 0.25) is 0 Å². The summed E-state index contributed by atoms with van der Waals surface area (Å²) >= 11 is 0. The second-order valence-electron chi connectivity index (χ2n) is 15.3. The van der Waals surface area contributed by atoms with Crippen molar-refractivity contribution in [3.8, 4) is 44.5 Å². The highest BCUT2D eigenvalue weighted by Gasteiger charge is 2.22. The smallest absolute Gasteiger partial charge is 0.0620 e. The standard InChI is InChI=1S/C54H32N2/c1-2-12-33(13-3-1)34-14-10-15-35(26-34)36-16-11-17-37(27-36)38-24-25-52-44(28-38)48-32-40(31-47-43-20-6-9-23-51(43)56(52)54(47)48)39-29-45-41-18-4-7-21-49(41)55-50-22-8-5-19-42(50)46(30-39)53(45)55/h1-32H. The van der Waals surface area contributed by atoms with Gasteiger partial charge < -0.3 is 8.80 Å². The number of aromatic nitrogens is 2. The van der Waals surface area contributed by atoms with Gasteiger partial charge in [-0.2, -0.15) is 0 Å². The van der Waals surface area contributed by atoms with Gasteiger partial charge in [-0.15, -0.1) is 0 Å². The molecule has 4 aromatic heterocycles. The molecule has 0 aliphatic heterocycles. The second-order valence-corrected chi connectivity index (χ2v) is 15.3. The molecule has 0 saturated carbocycles. The van der Waals surface area contributed by atoms with E-state index < -0.39 is 0 Å². The van der Waals surface area contributed by atoms with Crippen LogP contribution in [0.25, 0.3) is 121 Å². The van der Waals surface area contributed by atoms with Crippen LogP contribution in [0.15, 0.2) is 194 Å². The molecule has 13 aromatic rings. The molecule has 0 aliphatic carbocycles. The minimum absolute atomic E-state index is 1.22. The molecule has 0 unspecified atom stereocenters. The van der Waals surface area contributed by atoms with Crippen molar-refractivity contribution in [1.29, 1.82) is 0 Å². The van der Waals surface area contributed by atoms with Gasteiger partial charge in [0.25, 0.3) is 0 Å². The predicted molar refractivity (Wildman–Crippen MR) is 238 cm³/mol. The Morgan fingerprint density at radius 1 is 0.196 bits per heavy atom. The van der Waals surface area contributed by atoms with E-state index in [2.05, 4.69) is 203 Å². The van der Waals surface area contributed by atoms with Crippen LogP contribution in [0.4, 0.5) is 0 Å². The van der Waals surface area contributed by atoms with Crippen LogP contribution in [0.2, 0.25) is 0 Å². The molecule has 0 N–H and O–H groups in total. The molecule has 4 heterocycles. The summed E-state index contributed by atoms with van der Waals surface area (Å²) in [5, 5.41) is 10.4. The summed E-state index contributed by atoms with van der Waals surface area (Å²) in [7, 11) is 0. The van der Waals surface area contributed by atoms with Gasteiger partial charge in [0, 0.05) is 43.1 Å². The van der Waals surface area contributed by atoms with Gasteiger partial charge in [-0.3, -0.25) is 0 Å². The van der Waals surface area contributed by atoms with E-state index in [0.717, 1.165) is 0 Å². The van der Waals surface area contributed by atoms with Crippen molar-refractivity contribution in [1.82, 2.24) is 8.80 Å². The van der Waals surface area contributed by atoms with Gasteiger partial charge in [0.1, 0.15) is 0 Å². The molecule has 0 atom stereocenters. The van der Waals surface area contributed by atoms with Gasteiger partial charge in [0.05, 0.1) is 33.1 Å². The highest BCUT2D eigenvalue weighted by Crippen LogP contribution is 2.46. The Morgan fingerprint density at radius 2 is 0.536 bits per heavy atom. The highest BCUT2D eigenvalue weighted by molar-refractivity contribution is 6.27. The third-order valence-electron chi connectivity index (χ3n) is 12.3. The molecule has 258 valence electrons. The van der Waals surface area contributed by atoms with Crippen LogP contribution in [-0.2, 0) is 0 Å². The maximum absolute atomic E-state index is 2.49. The average Bonchev–Trinajstić information content (AvgIpc) is 4.00. The largest absolute Gasteiger partial charge is 0.308 e. The Bertz CT molecular complexity index is 3610. The zero-order valence-electron chi connectivity index (χ0n) is 30.4. The van der Waals surface area contributed by atoms with E-state index >= 15 is 0 Å². The zero-order valence-corrected chi connectivity index (χ0v) is 30.4. The quantitative estimate of drug-likeness (QED) is 0.172. The fourth-order valence-electron chi connectivity index (χ4n) is 9.85. The van der Waals surface area contributed by atoms with Crippen molar-refractivity contribution in [3.05, 3.63) is 194 Å². The van der Waals surface area contributed by atoms with Crippen LogP contribution in [0.3, 0.4) is 0 Å². The minimum Gasteiger partial charge on any atom is -0.308 e. The summed E-state index contributed by atoms with van der Waals surface area (Å²) in [6.45, 7) is 0. The molecule has 0 spiro atoms. The molecule has 0 fully saturated rings. The summed E-state index contributed by atoms with van der Waals surface area (Å²) in [5.41, 5.74) is 17.4. The third-order valence-corrected chi connectivity index (χ3v) is 12.3. The summed E-state index contributed by atoms with van der Waals surface area (Å²) < 4.78 is 4.95. The first-order chi connectivity index (χ1) is 27.8. The lowest BCUT2D eigenvalue weighted by molar-refractivity contribution is 1.37. The number of para-hydroxylation sites is 3. The van der Waals surface area contributed by atoms with Gasteiger partial charge >= 0.3 is 0 Å². The number of nitrogens with zero attached hydrogens (tertiary/aromatic N) is 2. The Labute approximate surface area is 322 Å².